The first-order chi connectivity index (χ1) is 13.8. The van der Waals surface area contributed by atoms with Gasteiger partial charge in [-0.1, -0.05) is 41.3 Å². The molecular weight excluding hydrogens is 414 g/mol. The number of aromatic nitrogens is 2. The highest BCUT2D eigenvalue weighted by molar-refractivity contribution is 8.01. The predicted octanol–water partition coefficient (Wildman–Crippen LogP) is 2.91. The van der Waals surface area contributed by atoms with Crippen LogP contribution in [-0.2, 0) is 14.3 Å². The van der Waals surface area contributed by atoms with Gasteiger partial charge in [-0.15, -0.1) is 10.2 Å². The van der Waals surface area contributed by atoms with Crippen molar-refractivity contribution in [2.45, 2.75) is 25.1 Å². The maximum Gasteiger partial charge on any atom is 0.413 e. The number of hydrogen-bond donors (Lipinski definition) is 2. The van der Waals surface area contributed by atoms with Crippen molar-refractivity contribution in [1.29, 1.82) is 0 Å². The number of ether oxygens (including phenoxy) is 1. The molecule has 0 saturated heterocycles. The molecule has 0 aliphatic carbocycles. The summed E-state index contributed by atoms with van der Waals surface area (Å²) < 4.78 is 5.29. The molecule has 2 aromatic rings. The van der Waals surface area contributed by atoms with Gasteiger partial charge >= 0.3 is 6.09 Å². The molecular formula is C18H23N5O4S2. The van der Waals surface area contributed by atoms with Crippen LogP contribution in [0.15, 0.2) is 22.5 Å². The normalized spacial score (nSPS) is 10.3. The molecule has 156 valence electrons. The highest BCUT2D eigenvalue weighted by Gasteiger charge is 2.16. The van der Waals surface area contributed by atoms with E-state index in [0.717, 1.165) is 28.2 Å². The van der Waals surface area contributed by atoms with Crippen molar-refractivity contribution >= 4 is 51.8 Å². The van der Waals surface area contributed by atoms with Gasteiger partial charge in [0.1, 0.15) is 0 Å². The van der Waals surface area contributed by atoms with Gasteiger partial charge in [-0.2, -0.15) is 0 Å². The fraction of sp³-hybridized carbons (Fsp3) is 0.389. The van der Waals surface area contributed by atoms with Crippen molar-refractivity contribution in [3.8, 4) is 0 Å². The number of anilines is 2. The summed E-state index contributed by atoms with van der Waals surface area (Å²) in [5.74, 6) is -0.386. The van der Waals surface area contributed by atoms with Crippen LogP contribution in [0.5, 0.6) is 0 Å². The van der Waals surface area contributed by atoms with Crippen LogP contribution < -0.4 is 10.6 Å². The third kappa shape index (κ3) is 7.02. The Kier molecular flexibility index (Phi) is 8.40. The van der Waals surface area contributed by atoms with Crippen LogP contribution in [0.25, 0.3) is 0 Å². The summed E-state index contributed by atoms with van der Waals surface area (Å²) in [4.78, 5) is 37.3. The van der Waals surface area contributed by atoms with Crippen molar-refractivity contribution in [2.24, 2.45) is 0 Å². The minimum absolute atomic E-state index is 0.0566. The van der Waals surface area contributed by atoms with Gasteiger partial charge in [0.25, 0.3) is 0 Å². The van der Waals surface area contributed by atoms with Crippen LogP contribution in [0, 0.1) is 13.8 Å². The van der Waals surface area contributed by atoms with E-state index in [1.807, 2.05) is 32.0 Å². The van der Waals surface area contributed by atoms with Gasteiger partial charge in [-0.05, 0) is 31.9 Å². The Bertz CT molecular complexity index is 867. The molecule has 9 nitrogen and oxygen atoms in total. The molecule has 29 heavy (non-hydrogen) atoms. The lowest BCUT2D eigenvalue weighted by molar-refractivity contribution is -0.131. The summed E-state index contributed by atoms with van der Waals surface area (Å²) in [7, 11) is 1.57. The number of aryl methyl sites for hydroxylation is 2. The maximum atomic E-state index is 12.3. The number of benzene rings is 1. The summed E-state index contributed by atoms with van der Waals surface area (Å²) in [6, 6.07) is 5.76. The second-order valence-electron chi connectivity index (χ2n) is 6.07. The van der Waals surface area contributed by atoms with Gasteiger partial charge in [0.15, 0.2) is 4.34 Å². The molecule has 3 amide bonds. The predicted molar refractivity (Wildman–Crippen MR) is 113 cm³/mol. The van der Waals surface area contributed by atoms with E-state index in [0.29, 0.717) is 9.47 Å². The number of nitrogens with one attached hydrogen (secondary N) is 2. The topological polar surface area (TPSA) is 114 Å². The van der Waals surface area contributed by atoms with Gasteiger partial charge in [0.05, 0.1) is 18.9 Å². The fourth-order valence-corrected chi connectivity index (χ4v) is 3.98. The first-order valence-corrected chi connectivity index (χ1v) is 10.6. The molecule has 0 aliphatic rings. The Morgan fingerprint density at radius 3 is 2.52 bits per heavy atom. The molecule has 0 bridgehead atoms. The van der Waals surface area contributed by atoms with Crippen LogP contribution in [0.3, 0.4) is 0 Å². The van der Waals surface area contributed by atoms with Crippen molar-refractivity contribution in [3.63, 3.8) is 0 Å². The number of amides is 3. The highest BCUT2D eigenvalue weighted by Crippen LogP contribution is 2.25. The molecule has 0 spiro atoms. The SMILES string of the molecule is CCOC(=O)Nc1nnc(SCC(=O)N(C)CC(=O)Nc2c(C)cccc2C)s1. The number of carbonyl (C=O) groups is 3. The molecule has 0 atom stereocenters. The van der Waals surface area contributed by atoms with Crippen LogP contribution in [0.4, 0.5) is 15.6 Å². The van der Waals surface area contributed by atoms with E-state index in [9.17, 15) is 14.4 Å². The average Bonchev–Trinajstić information content (AvgIpc) is 3.10. The standard InChI is InChI=1S/C18H23N5O4S2/c1-5-27-17(26)20-16-21-22-18(29-16)28-10-14(25)23(4)9-13(24)19-15-11(2)7-6-8-12(15)3/h6-8H,5,9-10H2,1-4H3,(H,19,24)(H,20,21,26). The molecule has 0 aliphatic heterocycles. The number of nitrogens with zero attached hydrogens (tertiary/aromatic N) is 3. The first-order valence-electron chi connectivity index (χ1n) is 8.80. The largest absolute Gasteiger partial charge is 0.450 e. The number of likely N-dealkylation sites (N-methyl/N-ethyl adjacent to an activating group) is 1. The molecule has 0 fully saturated rings. The van der Waals surface area contributed by atoms with E-state index < -0.39 is 6.09 Å². The molecule has 1 aromatic heterocycles. The second kappa shape index (κ2) is 10.8. The van der Waals surface area contributed by atoms with Gasteiger partial charge in [0.2, 0.25) is 16.9 Å². The molecule has 2 N–H and O–H groups in total. The van der Waals surface area contributed by atoms with E-state index in [4.69, 9.17) is 4.74 Å². The monoisotopic (exact) mass is 437 g/mol. The number of para-hydroxylation sites is 1. The average molecular weight is 438 g/mol. The summed E-state index contributed by atoms with van der Waals surface area (Å²) in [5.41, 5.74) is 2.70. The number of carbonyl (C=O) groups excluding carboxylic acids is 3. The van der Waals surface area contributed by atoms with Crippen molar-refractivity contribution in [2.75, 3.05) is 36.6 Å². The van der Waals surface area contributed by atoms with E-state index in [-0.39, 0.29) is 30.7 Å². The number of thioether (sulfide) groups is 1. The van der Waals surface area contributed by atoms with Crippen LogP contribution in [-0.4, -0.2) is 59.0 Å². The van der Waals surface area contributed by atoms with Crippen molar-refractivity contribution in [1.82, 2.24) is 15.1 Å². The van der Waals surface area contributed by atoms with Crippen LogP contribution in [0.1, 0.15) is 18.1 Å². The molecule has 0 radical (unpaired) electrons. The zero-order chi connectivity index (χ0) is 21.4. The van der Waals surface area contributed by atoms with Gasteiger partial charge < -0.3 is 15.0 Å². The third-order valence-electron chi connectivity index (χ3n) is 3.76. The number of rotatable bonds is 8. The molecule has 1 heterocycles. The van der Waals surface area contributed by atoms with Crippen molar-refractivity contribution in [3.05, 3.63) is 29.3 Å². The summed E-state index contributed by atoms with van der Waals surface area (Å²) in [6.07, 6.45) is -0.606. The second-order valence-corrected chi connectivity index (χ2v) is 8.27. The minimum Gasteiger partial charge on any atom is -0.450 e. The molecule has 1 aromatic carbocycles. The zero-order valence-corrected chi connectivity index (χ0v) is 18.3. The molecule has 0 saturated carbocycles. The van der Waals surface area contributed by atoms with E-state index in [2.05, 4.69) is 20.8 Å². The van der Waals surface area contributed by atoms with Gasteiger partial charge in [-0.25, -0.2) is 4.79 Å². The Morgan fingerprint density at radius 2 is 1.86 bits per heavy atom. The van der Waals surface area contributed by atoms with Gasteiger partial charge in [0, 0.05) is 12.7 Å². The Morgan fingerprint density at radius 1 is 1.17 bits per heavy atom. The fourth-order valence-electron chi connectivity index (χ4n) is 2.30. The zero-order valence-electron chi connectivity index (χ0n) is 16.6. The van der Waals surface area contributed by atoms with Crippen LogP contribution >= 0.6 is 23.1 Å². The maximum absolute atomic E-state index is 12.3. The Balaban J connectivity index is 1.81. The third-order valence-corrected chi connectivity index (χ3v) is 5.72. The molecule has 2 rings (SSSR count). The van der Waals surface area contributed by atoms with Crippen molar-refractivity contribution < 1.29 is 19.1 Å². The lowest BCUT2D eigenvalue weighted by Crippen LogP contribution is -2.36. The van der Waals surface area contributed by atoms with E-state index >= 15 is 0 Å². The quantitative estimate of drug-likeness (QED) is 0.482. The van der Waals surface area contributed by atoms with Crippen LogP contribution in [0.2, 0.25) is 0 Å². The summed E-state index contributed by atoms with van der Waals surface area (Å²) in [6.45, 7) is 5.73. The smallest absolute Gasteiger partial charge is 0.413 e. The molecule has 0 unspecified atom stereocenters. The minimum atomic E-state index is -0.606. The lowest BCUT2D eigenvalue weighted by atomic mass is 10.1. The Hall–Kier alpha value is -2.66. The van der Waals surface area contributed by atoms with E-state index in [1.54, 1.807) is 14.0 Å². The highest BCUT2D eigenvalue weighted by atomic mass is 32.2. The van der Waals surface area contributed by atoms with E-state index in [1.165, 1.54) is 16.7 Å². The summed E-state index contributed by atoms with van der Waals surface area (Å²) >= 11 is 2.32. The Labute approximate surface area is 177 Å². The molecule has 11 heteroatoms. The lowest BCUT2D eigenvalue weighted by Gasteiger charge is -2.17. The number of hydrogen-bond acceptors (Lipinski definition) is 8. The summed E-state index contributed by atoms with van der Waals surface area (Å²) in [5, 5.41) is 13.3. The van der Waals surface area contributed by atoms with Gasteiger partial charge in [-0.3, -0.25) is 14.9 Å². The first kappa shape index (κ1) is 22.6.